The predicted molar refractivity (Wildman–Crippen MR) is 99.8 cm³/mol. The molecule has 0 radical (unpaired) electrons. The van der Waals surface area contributed by atoms with Crippen molar-refractivity contribution in [3.8, 4) is 0 Å². The van der Waals surface area contributed by atoms with Gasteiger partial charge in [-0.05, 0) is 36.6 Å². The first-order valence-electron chi connectivity index (χ1n) is 7.85. The number of benzene rings is 1. The fourth-order valence-electron chi connectivity index (χ4n) is 2.74. The molecule has 1 heterocycles. The number of nitrogens with two attached hydrogens (primary N) is 1. The quantitative estimate of drug-likeness (QED) is 0.800. The van der Waals surface area contributed by atoms with Crippen molar-refractivity contribution in [2.45, 2.75) is 12.5 Å². The van der Waals surface area contributed by atoms with Gasteiger partial charge in [-0.2, -0.15) is 11.8 Å². The summed E-state index contributed by atoms with van der Waals surface area (Å²) in [5.41, 5.74) is 6.26. The van der Waals surface area contributed by atoms with Crippen LogP contribution in [0.2, 0.25) is 5.02 Å². The molecule has 0 aromatic heterocycles. The van der Waals surface area contributed by atoms with Crippen LogP contribution in [0.1, 0.15) is 6.42 Å². The van der Waals surface area contributed by atoms with E-state index < -0.39 is 12.1 Å². The molecule has 3 amide bonds. The zero-order valence-electron chi connectivity index (χ0n) is 13.7. The van der Waals surface area contributed by atoms with Crippen LogP contribution in [0.5, 0.6) is 0 Å². The van der Waals surface area contributed by atoms with E-state index in [1.54, 1.807) is 16.7 Å². The summed E-state index contributed by atoms with van der Waals surface area (Å²) in [6, 6.07) is 6.50. The van der Waals surface area contributed by atoms with Crippen molar-refractivity contribution in [2.75, 3.05) is 43.1 Å². The Morgan fingerprint density at radius 3 is 2.62 bits per heavy atom. The maximum atomic E-state index is 12.6. The van der Waals surface area contributed by atoms with Crippen molar-refractivity contribution in [3.63, 3.8) is 0 Å². The third-order valence-electron chi connectivity index (χ3n) is 3.99. The number of halogens is 1. The van der Waals surface area contributed by atoms with Crippen LogP contribution < -0.4 is 16.0 Å². The molecule has 1 unspecified atom stereocenters. The molecular formula is C16H23ClN4O2S. The molecular weight excluding hydrogens is 348 g/mol. The lowest BCUT2D eigenvalue weighted by atomic mass is 10.1. The second-order valence-corrected chi connectivity index (χ2v) is 7.06. The van der Waals surface area contributed by atoms with Crippen molar-refractivity contribution >= 4 is 41.0 Å². The van der Waals surface area contributed by atoms with Gasteiger partial charge in [-0.3, -0.25) is 4.79 Å². The third-order valence-corrected chi connectivity index (χ3v) is 4.87. The van der Waals surface area contributed by atoms with Gasteiger partial charge < -0.3 is 20.9 Å². The molecule has 0 bridgehead atoms. The van der Waals surface area contributed by atoms with Gasteiger partial charge >= 0.3 is 6.03 Å². The lowest BCUT2D eigenvalue weighted by Gasteiger charge is -2.37. The van der Waals surface area contributed by atoms with Crippen LogP contribution in [0, 0.1) is 0 Å². The molecule has 8 heteroatoms. The molecule has 132 valence electrons. The number of nitrogens with zero attached hydrogens (tertiary/aromatic N) is 2. The van der Waals surface area contributed by atoms with E-state index in [2.05, 4.69) is 10.2 Å². The van der Waals surface area contributed by atoms with Gasteiger partial charge in [0.25, 0.3) is 0 Å². The number of nitrogens with one attached hydrogen (secondary N) is 1. The maximum absolute atomic E-state index is 12.6. The van der Waals surface area contributed by atoms with E-state index in [1.165, 1.54) is 0 Å². The van der Waals surface area contributed by atoms with E-state index in [0.29, 0.717) is 24.5 Å². The zero-order valence-corrected chi connectivity index (χ0v) is 15.3. The van der Waals surface area contributed by atoms with E-state index in [0.717, 1.165) is 24.5 Å². The summed E-state index contributed by atoms with van der Waals surface area (Å²) < 4.78 is 0. The van der Waals surface area contributed by atoms with Crippen LogP contribution in [0.4, 0.5) is 10.5 Å². The van der Waals surface area contributed by atoms with Gasteiger partial charge in [0, 0.05) is 36.9 Å². The van der Waals surface area contributed by atoms with Crippen LogP contribution in [0.15, 0.2) is 24.3 Å². The van der Waals surface area contributed by atoms with E-state index >= 15 is 0 Å². The average Bonchev–Trinajstić information content (AvgIpc) is 2.58. The molecule has 24 heavy (non-hydrogen) atoms. The number of primary amides is 1. The van der Waals surface area contributed by atoms with Gasteiger partial charge in [-0.1, -0.05) is 17.7 Å². The molecule has 0 aliphatic carbocycles. The van der Waals surface area contributed by atoms with Gasteiger partial charge in [-0.15, -0.1) is 0 Å². The number of urea groups is 1. The molecule has 0 saturated carbocycles. The van der Waals surface area contributed by atoms with E-state index in [-0.39, 0.29) is 5.91 Å². The van der Waals surface area contributed by atoms with Gasteiger partial charge in [0.2, 0.25) is 5.91 Å². The standard InChI is InChI=1S/C16H23ClN4O2S/c1-24-10-5-14(19-16(18)23)15(22)21-8-6-20(7-9-21)13-4-2-3-12(17)11-13/h2-4,11,14H,5-10H2,1H3,(H3,18,19,23). The number of hydrogen-bond acceptors (Lipinski definition) is 4. The number of carbonyl (C=O) groups is 2. The zero-order chi connectivity index (χ0) is 17.5. The first kappa shape index (κ1) is 18.7. The number of hydrogen-bond donors (Lipinski definition) is 2. The Bertz CT molecular complexity index is 579. The minimum Gasteiger partial charge on any atom is -0.368 e. The summed E-state index contributed by atoms with van der Waals surface area (Å²) in [4.78, 5) is 27.8. The van der Waals surface area contributed by atoms with Crippen LogP contribution in [-0.4, -0.2) is 61.1 Å². The Balaban J connectivity index is 1.94. The molecule has 1 aromatic rings. The third kappa shape index (κ3) is 5.21. The number of amides is 3. The Morgan fingerprint density at radius 2 is 2.04 bits per heavy atom. The minimum atomic E-state index is -0.660. The molecule has 1 aromatic carbocycles. The molecule has 1 aliphatic heterocycles. The molecule has 3 N–H and O–H groups in total. The summed E-state index contributed by atoms with van der Waals surface area (Å²) in [5.74, 6) is 0.729. The normalized spacial score (nSPS) is 15.9. The van der Waals surface area contributed by atoms with Crippen molar-refractivity contribution in [1.82, 2.24) is 10.2 Å². The molecule has 1 atom stereocenters. The van der Waals surface area contributed by atoms with Crippen LogP contribution >= 0.6 is 23.4 Å². The Morgan fingerprint density at radius 1 is 1.33 bits per heavy atom. The fourth-order valence-corrected chi connectivity index (χ4v) is 3.40. The number of anilines is 1. The molecule has 2 rings (SSSR count). The highest BCUT2D eigenvalue weighted by Crippen LogP contribution is 2.21. The predicted octanol–water partition coefficient (Wildman–Crippen LogP) is 1.78. The minimum absolute atomic E-state index is 0.0615. The number of rotatable bonds is 6. The Labute approximate surface area is 151 Å². The maximum Gasteiger partial charge on any atom is 0.312 e. The first-order chi connectivity index (χ1) is 11.5. The topological polar surface area (TPSA) is 78.7 Å². The SMILES string of the molecule is CSCCC(NC(N)=O)C(=O)N1CCN(c2cccc(Cl)c2)CC1. The molecule has 1 fully saturated rings. The highest BCUT2D eigenvalue weighted by Gasteiger charge is 2.28. The highest BCUT2D eigenvalue weighted by atomic mass is 35.5. The summed E-state index contributed by atoms with van der Waals surface area (Å²) >= 11 is 7.67. The summed E-state index contributed by atoms with van der Waals surface area (Å²) in [6.07, 6.45) is 2.55. The molecule has 1 saturated heterocycles. The molecule has 1 aliphatic rings. The number of carbonyl (C=O) groups excluding carboxylic acids is 2. The lowest BCUT2D eigenvalue weighted by molar-refractivity contribution is -0.133. The summed E-state index contributed by atoms with van der Waals surface area (Å²) in [6.45, 7) is 2.69. The number of thioether (sulfide) groups is 1. The van der Waals surface area contributed by atoms with Gasteiger partial charge in [-0.25, -0.2) is 4.79 Å². The smallest absolute Gasteiger partial charge is 0.312 e. The highest BCUT2D eigenvalue weighted by molar-refractivity contribution is 7.98. The van der Waals surface area contributed by atoms with Crippen LogP contribution in [0.3, 0.4) is 0 Å². The van der Waals surface area contributed by atoms with E-state index in [4.69, 9.17) is 17.3 Å². The molecule has 0 spiro atoms. The van der Waals surface area contributed by atoms with E-state index in [1.807, 2.05) is 30.5 Å². The average molecular weight is 371 g/mol. The second-order valence-electron chi connectivity index (χ2n) is 5.63. The van der Waals surface area contributed by atoms with Crippen molar-refractivity contribution in [1.29, 1.82) is 0 Å². The summed E-state index contributed by atoms with van der Waals surface area (Å²) in [5, 5.41) is 3.27. The van der Waals surface area contributed by atoms with Gasteiger partial charge in [0.1, 0.15) is 6.04 Å². The fraction of sp³-hybridized carbons (Fsp3) is 0.500. The van der Waals surface area contributed by atoms with Crippen LogP contribution in [-0.2, 0) is 4.79 Å². The lowest BCUT2D eigenvalue weighted by Crippen LogP contribution is -2.55. The Hall–Kier alpha value is -1.60. The largest absolute Gasteiger partial charge is 0.368 e. The molecule has 6 nitrogen and oxygen atoms in total. The van der Waals surface area contributed by atoms with Gasteiger partial charge in [0.05, 0.1) is 0 Å². The second kappa shape index (κ2) is 9.03. The van der Waals surface area contributed by atoms with E-state index in [9.17, 15) is 9.59 Å². The summed E-state index contributed by atoms with van der Waals surface area (Å²) in [7, 11) is 0. The van der Waals surface area contributed by atoms with Crippen molar-refractivity contribution in [3.05, 3.63) is 29.3 Å². The van der Waals surface area contributed by atoms with Crippen molar-refractivity contribution in [2.24, 2.45) is 5.73 Å². The van der Waals surface area contributed by atoms with Crippen LogP contribution in [0.25, 0.3) is 0 Å². The van der Waals surface area contributed by atoms with Crippen molar-refractivity contribution < 1.29 is 9.59 Å². The number of piperazine rings is 1. The van der Waals surface area contributed by atoms with Gasteiger partial charge in [0.15, 0.2) is 0 Å². The Kier molecular flexibility index (Phi) is 7.05. The first-order valence-corrected chi connectivity index (χ1v) is 9.62. The monoisotopic (exact) mass is 370 g/mol.